The second-order valence-electron chi connectivity index (χ2n) is 8.88. The first-order chi connectivity index (χ1) is 15.0. The third-order valence-electron chi connectivity index (χ3n) is 5.37. The molecule has 3 amide bonds. The molecule has 166 valence electrons. The first kappa shape index (κ1) is 21.2. The van der Waals surface area contributed by atoms with E-state index in [0.717, 1.165) is 22.5 Å². The van der Waals surface area contributed by atoms with Gasteiger partial charge in [0, 0.05) is 34.1 Å². The maximum Gasteiger partial charge on any atom is 0.324 e. The van der Waals surface area contributed by atoms with Gasteiger partial charge in [-0.05, 0) is 37.6 Å². The van der Waals surface area contributed by atoms with Gasteiger partial charge in [0.05, 0.1) is 16.9 Å². The fourth-order valence-electron chi connectivity index (χ4n) is 3.46. The summed E-state index contributed by atoms with van der Waals surface area (Å²) in [5, 5.41) is 12.1. The van der Waals surface area contributed by atoms with E-state index in [1.54, 1.807) is 30.3 Å². The van der Waals surface area contributed by atoms with Gasteiger partial charge in [-0.3, -0.25) is 10.1 Å². The summed E-state index contributed by atoms with van der Waals surface area (Å²) in [6.07, 6.45) is 1.79. The summed E-state index contributed by atoms with van der Waals surface area (Å²) in [4.78, 5) is 28.1. The zero-order chi connectivity index (χ0) is 23.2. The summed E-state index contributed by atoms with van der Waals surface area (Å²) in [6.45, 7) is 9.77. The number of benzene rings is 1. The number of H-pyrrole nitrogens is 1. The Morgan fingerprint density at radius 2 is 1.94 bits per heavy atom. The van der Waals surface area contributed by atoms with E-state index in [1.165, 1.54) is 0 Å². The number of anilines is 4. The van der Waals surface area contributed by atoms with Crippen molar-refractivity contribution in [2.45, 2.75) is 40.0 Å². The summed E-state index contributed by atoms with van der Waals surface area (Å²) in [5.74, 6) is 0.772. The number of carbonyl (C=O) groups is 2. The number of nitrogens with one attached hydrogen (secondary N) is 4. The molecular weight excluding hydrogens is 408 g/mol. The number of amides is 3. The molecular formula is C23H26N6O3. The van der Waals surface area contributed by atoms with Gasteiger partial charge in [-0.25, -0.2) is 4.79 Å². The van der Waals surface area contributed by atoms with Gasteiger partial charge in [-0.2, -0.15) is 0 Å². The maximum atomic E-state index is 12.6. The first-order valence-electron chi connectivity index (χ1n) is 10.2. The van der Waals surface area contributed by atoms with E-state index in [4.69, 9.17) is 10.3 Å². The Bertz CT molecular complexity index is 1260. The van der Waals surface area contributed by atoms with Crippen LogP contribution in [-0.4, -0.2) is 22.1 Å². The Labute approximate surface area is 185 Å². The van der Waals surface area contributed by atoms with E-state index in [1.807, 2.05) is 34.6 Å². The van der Waals surface area contributed by atoms with Crippen LogP contribution in [-0.2, 0) is 10.2 Å². The van der Waals surface area contributed by atoms with E-state index < -0.39 is 6.03 Å². The van der Waals surface area contributed by atoms with Crippen LogP contribution in [0, 0.1) is 13.8 Å². The van der Waals surface area contributed by atoms with Crippen LogP contribution in [0.2, 0.25) is 0 Å². The molecule has 0 saturated carbocycles. The van der Waals surface area contributed by atoms with E-state index in [-0.39, 0.29) is 11.3 Å². The van der Waals surface area contributed by atoms with Crippen LogP contribution in [0.25, 0.3) is 11.6 Å². The van der Waals surface area contributed by atoms with Crippen molar-refractivity contribution in [3.05, 3.63) is 52.5 Å². The minimum absolute atomic E-state index is 0.212. The number of hydrogen-bond acceptors (Lipinski definition) is 5. The van der Waals surface area contributed by atoms with Gasteiger partial charge in [0.25, 0.3) is 5.91 Å². The molecule has 0 aliphatic carbocycles. The van der Waals surface area contributed by atoms with E-state index in [2.05, 4.69) is 26.1 Å². The van der Waals surface area contributed by atoms with Gasteiger partial charge in [-0.1, -0.05) is 32.0 Å². The van der Waals surface area contributed by atoms with Crippen molar-refractivity contribution in [3.8, 4) is 0 Å². The SMILES string of the molecule is Cc1[nH]c(/C=C2\C(=O)Nc3cc(NC(=O)Nc4cc(C(C)(C)C)on4)ccc32)c(C)c1N. The van der Waals surface area contributed by atoms with E-state index in [9.17, 15) is 9.59 Å². The van der Waals surface area contributed by atoms with Crippen LogP contribution in [0.4, 0.5) is 27.7 Å². The molecule has 9 heteroatoms. The second-order valence-corrected chi connectivity index (χ2v) is 8.88. The lowest BCUT2D eigenvalue weighted by Gasteiger charge is -2.12. The van der Waals surface area contributed by atoms with Crippen LogP contribution in [0.5, 0.6) is 0 Å². The number of hydrogen-bond donors (Lipinski definition) is 5. The molecule has 1 aliphatic rings. The molecule has 9 nitrogen and oxygen atoms in total. The third kappa shape index (κ3) is 3.96. The predicted molar refractivity (Wildman–Crippen MR) is 125 cm³/mol. The van der Waals surface area contributed by atoms with Gasteiger partial charge >= 0.3 is 6.03 Å². The smallest absolute Gasteiger partial charge is 0.324 e. The maximum absolute atomic E-state index is 12.6. The van der Waals surface area contributed by atoms with Gasteiger partial charge in [0.1, 0.15) is 5.76 Å². The summed E-state index contributed by atoms with van der Waals surface area (Å²) >= 11 is 0. The standard InChI is InChI=1S/C23H26N6O3/c1-11-16(25-12(2)20(11)24)9-15-14-7-6-13(8-17(14)27-21(15)30)26-22(31)28-19-10-18(32-29-19)23(3,4)5/h6-10,25H,24H2,1-5H3,(H,27,30)(H2,26,28,29,31)/b15-9-. The topological polar surface area (TPSA) is 138 Å². The van der Waals surface area contributed by atoms with Crippen LogP contribution >= 0.6 is 0 Å². The molecule has 0 spiro atoms. The summed E-state index contributed by atoms with van der Waals surface area (Å²) < 4.78 is 5.27. The van der Waals surface area contributed by atoms with Crippen molar-refractivity contribution < 1.29 is 14.1 Å². The molecule has 2 aromatic heterocycles. The molecule has 0 bridgehead atoms. The normalized spacial score (nSPS) is 14.4. The van der Waals surface area contributed by atoms with Gasteiger partial charge in [0.2, 0.25) is 0 Å². The summed E-state index contributed by atoms with van der Waals surface area (Å²) in [5.41, 5.74) is 11.5. The lowest BCUT2D eigenvalue weighted by molar-refractivity contribution is -0.110. The predicted octanol–water partition coefficient (Wildman–Crippen LogP) is 4.64. The Morgan fingerprint density at radius 1 is 1.19 bits per heavy atom. The molecule has 1 aliphatic heterocycles. The number of aromatic amines is 1. The summed E-state index contributed by atoms with van der Waals surface area (Å²) in [7, 11) is 0. The highest BCUT2D eigenvalue weighted by molar-refractivity contribution is 6.35. The van der Waals surface area contributed by atoms with Crippen molar-refractivity contribution in [1.82, 2.24) is 10.1 Å². The highest BCUT2D eigenvalue weighted by atomic mass is 16.5. The lowest BCUT2D eigenvalue weighted by Crippen LogP contribution is -2.19. The van der Waals surface area contributed by atoms with Crippen molar-refractivity contribution >= 4 is 46.5 Å². The minimum atomic E-state index is -0.466. The number of nitrogen functional groups attached to an aromatic ring is 1. The van der Waals surface area contributed by atoms with Crippen molar-refractivity contribution in [3.63, 3.8) is 0 Å². The van der Waals surface area contributed by atoms with Crippen LogP contribution in [0.15, 0.2) is 28.8 Å². The largest absolute Gasteiger partial charge is 0.397 e. The zero-order valence-corrected chi connectivity index (χ0v) is 18.6. The van der Waals surface area contributed by atoms with Crippen molar-refractivity contribution in [2.75, 3.05) is 21.7 Å². The van der Waals surface area contributed by atoms with E-state index >= 15 is 0 Å². The highest BCUT2D eigenvalue weighted by Gasteiger charge is 2.25. The molecule has 0 fully saturated rings. The molecule has 3 aromatic rings. The Kier molecular flexibility index (Phi) is 5.04. The second kappa shape index (κ2) is 7.60. The molecule has 4 rings (SSSR count). The Balaban J connectivity index is 1.51. The van der Waals surface area contributed by atoms with E-state index in [0.29, 0.717) is 34.2 Å². The number of urea groups is 1. The summed E-state index contributed by atoms with van der Waals surface area (Å²) in [6, 6.07) is 6.45. The monoisotopic (exact) mass is 434 g/mol. The molecule has 32 heavy (non-hydrogen) atoms. The molecule has 0 unspecified atom stereocenters. The average Bonchev–Trinajstić information content (AvgIpc) is 3.36. The molecule has 0 atom stereocenters. The number of nitrogens with zero attached hydrogens (tertiary/aromatic N) is 1. The number of nitrogens with two attached hydrogens (primary N) is 1. The van der Waals surface area contributed by atoms with Crippen molar-refractivity contribution in [2.24, 2.45) is 0 Å². The molecule has 3 heterocycles. The highest BCUT2D eigenvalue weighted by Crippen LogP contribution is 2.36. The minimum Gasteiger partial charge on any atom is -0.397 e. The number of aryl methyl sites for hydroxylation is 1. The van der Waals surface area contributed by atoms with Gasteiger partial charge in [0.15, 0.2) is 5.82 Å². The first-order valence-corrected chi connectivity index (χ1v) is 10.2. The van der Waals surface area contributed by atoms with Crippen LogP contribution in [0.1, 0.15) is 49.0 Å². The number of fused-ring (bicyclic) bond motifs is 1. The van der Waals surface area contributed by atoms with Crippen molar-refractivity contribution in [1.29, 1.82) is 0 Å². The Morgan fingerprint density at radius 3 is 2.56 bits per heavy atom. The molecule has 0 saturated heterocycles. The van der Waals surface area contributed by atoms with Gasteiger partial charge in [-0.15, -0.1) is 0 Å². The average molecular weight is 435 g/mol. The number of carbonyl (C=O) groups excluding carboxylic acids is 2. The third-order valence-corrected chi connectivity index (χ3v) is 5.37. The fraction of sp³-hybridized carbons (Fsp3) is 0.261. The molecule has 0 radical (unpaired) electrons. The zero-order valence-electron chi connectivity index (χ0n) is 18.6. The van der Waals surface area contributed by atoms with Crippen LogP contribution in [0.3, 0.4) is 0 Å². The Hall–Kier alpha value is -4.01. The number of aromatic nitrogens is 2. The molecule has 1 aromatic carbocycles. The molecule has 6 N–H and O–H groups in total. The number of rotatable bonds is 3. The van der Waals surface area contributed by atoms with Crippen LogP contribution < -0.4 is 21.7 Å². The lowest BCUT2D eigenvalue weighted by atomic mass is 9.93. The fourth-order valence-corrected chi connectivity index (χ4v) is 3.46. The quantitative estimate of drug-likeness (QED) is 0.382. The van der Waals surface area contributed by atoms with Gasteiger partial charge < -0.3 is 25.9 Å².